The molecule has 0 saturated carbocycles. The van der Waals surface area contributed by atoms with Gasteiger partial charge in [-0.3, -0.25) is 9.59 Å². The van der Waals surface area contributed by atoms with Gasteiger partial charge in [0.05, 0.1) is 32.0 Å². The lowest BCUT2D eigenvalue weighted by atomic mass is 9.99. The summed E-state index contributed by atoms with van der Waals surface area (Å²) >= 11 is 0. The van der Waals surface area contributed by atoms with Crippen LogP contribution in [-0.2, 0) is 23.8 Å². The fourth-order valence-corrected chi connectivity index (χ4v) is 10.8. The lowest BCUT2D eigenvalue weighted by Crippen LogP contribution is -2.60. The average molecular weight is 1130 g/mol. The lowest BCUT2D eigenvalue weighted by molar-refractivity contribution is -0.302. The third kappa shape index (κ3) is 47.3. The number of carbonyl (C=O) groups excluding carboxylic acids is 2. The van der Waals surface area contributed by atoms with Crippen molar-refractivity contribution in [3.8, 4) is 0 Å². The molecular formula is C69H129NO10. The van der Waals surface area contributed by atoms with Crippen molar-refractivity contribution >= 4 is 11.9 Å². The van der Waals surface area contributed by atoms with Crippen molar-refractivity contribution in [2.24, 2.45) is 0 Å². The van der Waals surface area contributed by atoms with Crippen molar-refractivity contribution in [2.75, 3.05) is 19.8 Å². The van der Waals surface area contributed by atoms with Gasteiger partial charge in [-0.1, -0.05) is 269 Å². The first-order chi connectivity index (χ1) is 39.2. The summed E-state index contributed by atoms with van der Waals surface area (Å²) in [7, 11) is 0. The quantitative estimate of drug-likeness (QED) is 0.0195. The Bertz CT molecular complexity index is 1420. The average Bonchev–Trinajstić information content (AvgIpc) is 3.46. The number of unbranched alkanes of at least 4 members (excludes halogenated alkanes) is 42. The number of ether oxygens (including phenoxy) is 3. The number of esters is 1. The molecule has 80 heavy (non-hydrogen) atoms. The summed E-state index contributed by atoms with van der Waals surface area (Å²) in [6.45, 7) is 4.33. The summed E-state index contributed by atoms with van der Waals surface area (Å²) in [4.78, 5) is 25.1. The molecule has 1 aliphatic rings. The fraction of sp³-hybridized carbons (Fsp3) is 0.884. The number of aliphatic hydroxyl groups is 5. The topological polar surface area (TPSA) is 175 Å². The van der Waals surface area contributed by atoms with Crippen LogP contribution in [0.1, 0.15) is 328 Å². The molecule has 1 rings (SSSR count). The SMILES string of the molecule is CCCCCCCCC/C=C\CCCCCCCCCC(=O)OCCCCCCCCCCCCCC/C=C\CCCCCCCCCCCC(=O)NC(COC1OC(CO)C(O)C(O)C1O)C(O)/C=C/CCCCCCCCC. The van der Waals surface area contributed by atoms with E-state index in [1.165, 1.54) is 244 Å². The van der Waals surface area contributed by atoms with Crippen LogP contribution in [-0.4, -0.2) is 100 Å². The third-order valence-corrected chi connectivity index (χ3v) is 16.2. The van der Waals surface area contributed by atoms with Crippen LogP contribution in [0.3, 0.4) is 0 Å². The van der Waals surface area contributed by atoms with Gasteiger partial charge in [-0.05, 0) is 83.5 Å². The Morgan fingerprint density at radius 2 is 0.800 bits per heavy atom. The molecule has 0 aliphatic carbocycles. The van der Waals surface area contributed by atoms with Gasteiger partial charge in [0.25, 0.3) is 0 Å². The summed E-state index contributed by atoms with van der Waals surface area (Å²) in [6.07, 6.45) is 64.2. The molecule has 11 nitrogen and oxygen atoms in total. The fourth-order valence-electron chi connectivity index (χ4n) is 10.8. The molecule has 470 valence electrons. The van der Waals surface area contributed by atoms with Gasteiger partial charge in [0, 0.05) is 12.8 Å². The molecule has 1 fully saturated rings. The van der Waals surface area contributed by atoms with Crippen LogP contribution in [0.4, 0.5) is 0 Å². The normalized spacial score (nSPS) is 18.5. The van der Waals surface area contributed by atoms with Gasteiger partial charge in [0.15, 0.2) is 6.29 Å². The summed E-state index contributed by atoms with van der Waals surface area (Å²) < 4.78 is 16.7. The van der Waals surface area contributed by atoms with Gasteiger partial charge >= 0.3 is 5.97 Å². The van der Waals surface area contributed by atoms with Crippen LogP contribution in [0, 0.1) is 0 Å². The smallest absolute Gasteiger partial charge is 0.305 e. The van der Waals surface area contributed by atoms with E-state index in [2.05, 4.69) is 43.5 Å². The van der Waals surface area contributed by atoms with Crippen molar-refractivity contribution in [1.82, 2.24) is 5.32 Å². The Morgan fingerprint density at radius 1 is 0.450 bits per heavy atom. The van der Waals surface area contributed by atoms with Crippen molar-refractivity contribution in [3.05, 3.63) is 36.5 Å². The van der Waals surface area contributed by atoms with E-state index in [1.807, 2.05) is 6.08 Å². The molecule has 0 spiro atoms. The molecule has 0 aromatic carbocycles. The zero-order valence-corrected chi connectivity index (χ0v) is 52.1. The molecule has 1 aliphatic heterocycles. The highest BCUT2D eigenvalue weighted by Gasteiger charge is 2.44. The predicted octanol–water partition coefficient (Wildman–Crippen LogP) is 17.0. The molecule has 0 bridgehead atoms. The number of hydrogen-bond acceptors (Lipinski definition) is 10. The minimum absolute atomic E-state index is 0.000148. The van der Waals surface area contributed by atoms with Crippen molar-refractivity contribution in [2.45, 2.75) is 371 Å². The first kappa shape index (κ1) is 75.9. The molecule has 0 aromatic heterocycles. The zero-order chi connectivity index (χ0) is 58.0. The maximum Gasteiger partial charge on any atom is 0.305 e. The Morgan fingerprint density at radius 3 is 1.20 bits per heavy atom. The van der Waals surface area contributed by atoms with Crippen LogP contribution >= 0.6 is 0 Å². The first-order valence-electron chi connectivity index (χ1n) is 34.3. The van der Waals surface area contributed by atoms with Crippen LogP contribution in [0.5, 0.6) is 0 Å². The molecule has 11 heteroatoms. The van der Waals surface area contributed by atoms with E-state index in [0.717, 1.165) is 57.8 Å². The van der Waals surface area contributed by atoms with Crippen LogP contribution in [0.25, 0.3) is 0 Å². The molecule has 1 saturated heterocycles. The molecule has 1 heterocycles. The van der Waals surface area contributed by atoms with E-state index in [1.54, 1.807) is 6.08 Å². The van der Waals surface area contributed by atoms with E-state index in [4.69, 9.17) is 14.2 Å². The highest BCUT2D eigenvalue weighted by molar-refractivity contribution is 5.76. The van der Waals surface area contributed by atoms with E-state index < -0.39 is 49.5 Å². The molecular weight excluding hydrogens is 1000 g/mol. The minimum atomic E-state index is -1.57. The van der Waals surface area contributed by atoms with E-state index >= 15 is 0 Å². The van der Waals surface area contributed by atoms with E-state index in [0.29, 0.717) is 19.4 Å². The number of aliphatic hydroxyl groups excluding tert-OH is 5. The van der Waals surface area contributed by atoms with Gasteiger partial charge in [-0.2, -0.15) is 0 Å². The standard InChI is InChI=1S/C69H129NO10/c1-3-5-7-9-11-13-14-15-16-17-28-31-34-37-41-45-49-53-57-65(74)78-58-54-50-46-42-38-35-32-29-26-24-22-20-18-19-21-23-25-27-30-33-36-40-44-48-52-56-64(73)70-61(62(72)55-51-47-43-39-12-10-8-6-4-2)60-79-69-68(77)67(76)66(75)63(59-71)80-69/h16-17,19,21,51,55,61-63,66-69,71-72,75-77H,3-15,18,20,22-50,52-54,56-60H2,1-2H3,(H,70,73)/b17-16-,21-19-,55-51+. The highest BCUT2D eigenvalue weighted by Crippen LogP contribution is 2.23. The van der Waals surface area contributed by atoms with Gasteiger partial charge in [-0.25, -0.2) is 0 Å². The van der Waals surface area contributed by atoms with Gasteiger partial charge in [0.2, 0.25) is 5.91 Å². The second-order valence-electron chi connectivity index (χ2n) is 23.9. The number of allylic oxidation sites excluding steroid dienone is 5. The lowest BCUT2D eigenvalue weighted by Gasteiger charge is -2.40. The van der Waals surface area contributed by atoms with Gasteiger partial charge in [-0.15, -0.1) is 0 Å². The maximum atomic E-state index is 13.0. The first-order valence-corrected chi connectivity index (χ1v) is 34.3. The summed E-state index contributed by atoms with van der Waals surface area (Å²) in [5.41, 5.74) is 0. The summed E-state index contributed by atoms with van der Waals surface area (Å²) in [6, 6.07) is -0.811. The second kappa shape index (κ2) is 58.6. The van der Waals surface area contributed by atoms with Gasteiger partial charge < -0.3 is 45.1 Å². The number of amides is 1. The summed E-state index contributed by atoms with van der Waals surface area (Å²) in [5, 5.41) is 54.3. The number of rotatable bonds is 60. The number of carbonyl (C=O) groups is 2. The summed E-state index contributed by atoms with van der Waals surface area (Å²) in [5.74, 6) is -0.186. The van der Waals surface area contributed by atoms with Crippen LogP contribution in [0.2, 0.25) is 0 Å². The molecule has 7 unspecified atom stereocenters. The number of nitrogens with one attached hydrogen (secondary N) is 1. The monoisotopic (exact) mass is 1130 g/mol. The molecule has 1 amide bonds. The second-order valence-corrected chi connectivity index (χ2v) is 23.9. The van der Waals surface area contributed by atoms with E-state index in [-0.39, 0.29) is 18.5 Å². The van der Waals surface area contributed by atoms with Crippen molar-refractivity contribution in [3.63, 3.8) is 0 Å². The molecule has 0 aromatic rings. The minimum Gasteiger partial charge on any atom is -0.466 e. The zero-order valence-electron chi connectivity index (χ0n) is 52.1. The van der Waals surface area contributed by atoms with Crippen LogP contribution in [0.15, 0.2) is 36.5 Å². The third-order valence-electron chi connectivity index (χ3n) is 16.2. The predicted molar refractivity (Wildman–Crippen MR) is 334 cm³/mol. The van der Waals surface area contributed by atoms with Crippen molar-refractivity contribution < 1.29 is 49.3 Å². The molecule has 0 radical (unpaired) electrons. The molecule has 7 atom stereocenters. The Balaban J connectivity index is 1.94. The van der Waals surface area contributed by atoms with Crippen molar-refractivity contribution in [1.29, 1.82) is 0 Å². The van der Waals surface area contributed by atoms with Gasteiger partial charge in [0.1, 0.15) is 24.4 Å². The Labute approximate surface area is 492 Å². The largest absolute Gasteiger partial charge is 0.466 e. The highest BCUT2D eigenvalue weighted by atomic mass is 16.7. The Hall–Kier alpha value is -2.12. The number of hydrogen-bond donors (Lipinski definition) is 6. The van der Waals surface area contributed by atoms with Crippen LogP contribution < -0.4 is 5.32 Å². The Kier molecular flexibility index (Phi) is 55.6. The molecule has 6 N–H and O–H groups in total. The maximum absolute atomic E-state index is 13.0. The van der Waals surface area contributed by atoms with E-state index in [9.17, 15) is 35.1 Å².